The van der Waals surface area contributed by atoms with Crippen molar-refractivity contribution in [1.82, 2.24) is 4.72 Å². The van der Waals surface area contributed by atoms with E-state index in [0.717, 1.165) is 0 Å². The smallest absolute Gasteiger partial charge is 0.241 e. The van der Waals surface area contributed by atoms with Crippen molar-refractivity contribution in [3.05, 3.63) is 76.8 Å². The first kappa shape index (κ1) is 26.3. The van der Waals surface area contributed by atoms with Crippen molar-refractivity contribution in [2.45, 2.75) is 11.0 Å². The standard InChI is InChI=1S/C24H25ClN2O7S/c1-32-17-6-4-5-15(11-17)24(29)19-12-16(25)7-9-20(19)27-23(28)14-26-35(30,31)18-8-10-21(33-2)22(13-18)34-3/h4-13,24,26,29H,14H2,1-3H3,(H,27,28). The van der Waals surface area contributed by atoms with Gasteiger partial charge in [0.05, 0.1) is 32.8 Å². The molecule has 3 N–H and O–H groups in total. The molecule has 1 atom stereocenters. The zero-order valence-electron chi connectivity index (χ0n) is 19.2. The lowest BCUT2D eigenvalue weighted by Gasteiger charge is -2.18. The number of hydrogen-bond acceptors (Lipinski definition) is 7. The van der Waals surface area contributed by atoms with Crippen LogP contribution in [-0.4, -0.2) is 47.3 Å². The van der Waals surface area contributed by atoms with Gasteiger partial charge in [0.15, 0.2) is 11.5 Å². The number of aliphatic hydroxyl groups is 1. The minimum Gasteiger partial charge on any atom is -0.497 e. The van der Waals surface area contributed by atoms with Crippen LogP contribution in [0.5, 0.6) is 17.2 Å². The summed E-state index contributed by atoms with van der Waals surface area (Å²) < 4.78 is 43.0. The van der Waals surface area contributed by atoms with Gasteiger partial charge in [-0.15, -0.1) is 0 Å². The summed E-state index contributed by atoms with van der Waals surface area (Å²) in [5.74, 6) is 0.514. The number of anilines is 1. The molecule has 186 valence electrons. The molecular formula is C24H25ClN2O7S. The van der Waals surface area contributed by atoms with Crippen LogP contribution in [-0.2, 0) is 14.8 Å². The summed E-state index contributed by atoms with van der Waals surface area (Å²) in [5.41, 5.74) is 1.14. The van der Waals surface area contributed by atoms with Crippen LogP contribution < -0.4 is 24.2 Å². The first-order valence-corrected chi connectivity index (χ1v) is 12.2. The molecular weight excluding hydrogens is 496 g/mol. The molecule has 3 aromatic rings. The maximum Gasteiger partial charge on any atom is 0.241 e. The van der Waals surface area contributed by atoms with Gasteiger partial charge in [-0.2, -0.15) is 0 Å². The van der Waals surface area contributed by atoms with E-state index in [2.05, 4.69) is 10.0 Å². The molecule has 0 aliphatic carbocycles. The minimum atomic E-state index is -4.02. The maximum atomic E-state index is 12.7. The van der Waals surface area contributed by atoms with E-state index in [9.17, 15) is 18.3 Å². The molecule has 0 fully saturated rings. The van der Waals surface area contributed by atoms with Gasteiger partial charge in [0, 0.05) is 22.3 Å². The fourth-order valence-electron chi connectivity index (χ4n) is 3.29. The average molecular weight is 521 g/mol. The van der Waals surface area contributed by atoms with Crippen molar-refractivity contribution in [3.63, 3.8) is 0 Å². The number of benzene rings is 3. The third-order valence-electron chi connectivity index (χ3n) is 5.08. The Morgan fingerprint density at radius 3 is 2.40 bits per heavy atom. The Labute approximate surface area is 208 Å². The van der Waals surface area contributed by atoms with Gasteiger partial charge in [0.2, 0.25) is 15.9 Å². The molecule has 0 saturated heterocycles. The van der Waals surface area contributed by atoms with Crippen molar-refractivity contribution in [3.8, 4) is 17.2 Å². The van der Waals surface area contributed by atoms with Gasteiger partial charge < -0.3 is 24.6 Å². The number of amides is 1. The van der Waals surface area contributed by atoms with Crippen molar-refractivity contribution in [1.29, 1.82) is 0 Å². The summed E-state index contributed by atoms with van der Waals surface area (Å²) in [5, 5.41) is 13.9. The summed E-state index contributed by atoms with van der Waals surface area (Å²) in [6, 6.07) is 15.5. The molecule has 1 unspecified atom stereocenters. The molecule has 1 amide bonds. The number of nitrogens with one attached hydrogen (secondary N) is 2. The molecule has 3 aromatic carbocycles. The molecule has 0 aromatic heterocycles. The summed E-state index contributed by atoms with van der Waals surface area (Å²) >= 11 is 6.12. The van der Waals surface area contributed by atoms with Crippen LogP contribution in [0.3, 0.4) is 0 Å². The van der Waals surface area contributed by atoms with Crippen LogP contribution in [0, 0.1) is 0 Å². The predicted octanol–water partition coefficient (Wildman–Crippen LogP) is 3.36. The van der Waals surface area contributed by atoms with Crippen LogP contribution in [0.15, 0.2) is 65.6 Å². The summed E-state index contributed by atoms with van der Waals surface area (Å²) in [4.78, 5) is 12.5. The molecule has 0 spiro atoms. The fourth-order valence-corrected chi connectivity index (χ4v) is 4.46. The molecule has 0 aliphatic heterocycles. The first-order valence-electron chi connectivity index (χ1n) is 10.3. The number of hydrogen-bond donors (Lipinski definition) is 3. The summed E-state index contributed by atoms with van der Waals surface area (Å²) in [6.07, 6.45) is -1.12. The quantitative estimate of drug-likeness (QED) is 0.374. The number of aliphatic hydroxyl groups excluding tert-OH is 1. The van der Waals surface area contributed by atoms with E-state index in [-0.39, 0.29) is 16.3 Å². The van der Waals surface area contributed by atoms with Crippen LogP contribution in [0.25, 0.3) is 0 Å². The van der Waals surface area contributed by atoms with Gasteiger partial charge in [-0.1, -0.05) is 23.7 Å². The van der Waals surface area contributed by atoms with Gasteiger partial charge in [-0.05, 0) is 48.0 Å². The molecule has 35 heavy (non-hydrogen) atoms. The number of methoxy groups -OCH3 is 3. The Balaban J connectivity index is 1.76. The maximum absolute atomic E-state index is 12.7. The highest BCUT2D eigenvalue weighted by atomic mass is 35.5. The minimum absolute atomic E-state index is 0.0939. The Morgan fingerprint density at radius 2 is 1.71 bits per heavy atom. The highest BCUT2D eigenvalue weighted by Crippen LogP contribution is 2.32. The monoisotopic (exact) mass is 520 g/mol. The molecule has 11 heteroatoms. The molecule has 3 rings (SSSR count). The van der Waals surface area contributed by atoms with Crippen LogP contribution in [0.2, 0.25) is 5.02 Å². The molecule has 0 aliphatic rings. The van der Waals surface area contributed by atoms with E-state index >= 15 is 0 Å². The van der Waals surface area contributed by atoms with Crippen LogP contribution in [0.1, 0.15) is 17.2 Å². The zero-order chi connectivity index (χ0) is 25.6. The van der Waals surface area contributed by atoms with E-state index in [1.54, 1.807) is 30.3 Å². The SMILES string of the molecule is COc1cccc(C(O)c2cc(Cl)ccc2NC(=O)CNS(=O)(=O)c2ccc(OC)c(OC)c2)c1. The lowest BCUT2D eigenvalue weighted by atomic mass is 9.99. The highest BCUT2D eigenvalue weighted by molar-refractivity contribution is 7.89. The second kappa shape index (κ2) is 11.4. The van der Waals surface area contributed by atoms with Gasteiger partial charge >= 0.3 is 0 Å². The van der Waals surface area contributed by atoms with Crippen molar-refractivity contribution in [2.75, 3.05) is 33.2 Å². The second-order valence-electron chi connectivity index (χ2n) is 7.30. The van der Waals surface area contributed by atoms with Crippen molar-refractivity contribution >= 4 is 33.2 Å². The zero-order valence-corrected chi connectivity index (χ0v) is 20.8. The van der Waals surface area contributed by atoms with Gasteiger partial charge in [0.25, 0.3) is 0 Å². The Hall–Kier alpha value is -3.31. The number of sulfonamides is 1. The van der Waals surface area contributed by atoms with Gasteiger partial charge in [-0.25, -0.2) is 13.1 Å². The third-order valence-corrected chi connectivity index (χ3v) is 6.71. The van der Waals surface area contributed by atoms with Crippen LogP contribution in [0.4, 0.5) is 5.69 Å². The molecule has 0 bridgehead atoms. The van der Waals surface area contributed by atoms with Gasteiger partial charge in [0.1, 0.15) is 11.9 Å². The molecule has 0 heterocycles. The predicted molar refractivity (Wildman–Crippen MR) is 132 cm³/mol. The summed E-state index contributed by atoms with van der Waals surface area (Å²) in [7, 11) is 0.317. The van der Waals surface area contributed by atoms with Gasteiger partial charge in [-0.3, -0.25) is 4.79 Å². The van der Waals surface area contributed by atoms with E-state index < -0.39 is 28.6 Å². The third kappa shape index (κ3) is 6.43. The lowest BCUT2D eigenvalue weighted by molar-refractivity contribution is -0.115. The largest absolute Gasteiger partial charge is 0.497 e. The normalized spacial score (nSPS) is 12.0. The average Bonchev–Trinajstić information content (AvgIpc) is 2.87. The van der Waals surface area contributed by atoms with Crippen LogP contribution >= 0.6 is 11.6 Å². The number of halogens is 1. The number of ether oxygens (including phenoxy) is 3. The number of carbonyl (C=O) groups excluding carboxylic acids is 1. The highest BCUT2D eigenvalue weighted by Gasteiger charge is 2.20. The number of rotatable bonds is 10. The van der Waals surface area contributed by atoms with Crippen molar-refractivity contribution in [2.24, 2.45) is 0 Å². The van der Waals surface area contributed by atoms with Crippen molar-refractivity contribution < 1.29 is 32.5 Å². The van der Waals surface area contributed by atoms with E-state index in [1.807, 2.05) is 0 Å². The fraction of sp³-hybridized carbons (Fsp3) is 0.208. The Kier molecular flexibility index (Phi) is 8.57. The number of carbonyl (C=O) groups is 1. The topological polar surface area (TPSA) is 123 Å². The molecule has 9 nitrogen and oxygen atoms in total. The first-order chi connectivity index (χ1) is 16.7. The lowest BCUT2D eigenvalue weighted by Crippen LogP contribution is -2.33. The van der Waals surface area contributed by atoms with E-state index in [0.29, 0.717) is 27.6 Å². The Morgan fingerprint density at radius 1 is 0.971 bits per heavy atom. The molecule has 0 saturated carbocycles. The molecule has 0 radical (unpaired) electrons. The summed E-state index contributed by atoms with van der Waals surface area (Å²) in [6.45, 7) is -0.548. The van der Waals surface area contributed by atoms with E-state index in [1.165, 1.54) is 51.7 Å². The van der Waals surface area contributed by atoms with E-state index in [4.69, 9.17) is 25.8 Å². The second-order valence-corrected chi connectivity index (χ2v) is 9.50. The Bertz CT molecular complexity index is 1310.